The lowest BCUT2D eigenvalue weighted by atomic mass is 9.45. The van der Waals surface area contributed by atoms with Gasteiger partial charge >= 0.3 is 11.9 Å². The highest BCUT2D eigenvalue weighted by Gasteiger charge is 2.60. The van der Waals surface area contributed by atoms with Crippen molar-refractivity contribution in [2.24, 2.45) is 62.2 Å². The van der Waals surface area contributed by atoms with Crippen molar-refractivity contribution >= 4 is 52.6 Å². The zero-order valence-corrected chi connectivity index (χ0v) is 36.9. The van der Waals surface area contributed by atoms with Gasteiger partial charge in [0.2, 0.25) is 5.90 Å². The second kappa shape index (κ2) is 15.8. The molecular weight excluding hydrogens is 745 g/mol. The van der Waals surface area contributed by atoms with Gasteiger partial charge in [0, 0.05) is 22.4 Å². The van der Waals surface area contributed by atoms with Crippen LogP contribution in [0.1, 0.15) is 145 Å². The summed E-state index contributed by atoms with van der Waals surface area (Å²) in [4.78, 5) is 44.4. The number of ketones is 1. The summed E-state index contributed by atoms with van der Waals surface area (Å²) in [7, 11) is 0. The number of carbonyl (C=O) groups is 3. The third kappa shape index (κ3) is 7.78. The second-order valence-electron chi connectivity index (χ2n) is 20.1. The van der Waals surface area contributed by atoms with Gasteiger partial charge in [-0.05, 0) is 148 Å². The molecule has 0 saturated heterocycles. The maximum Gasteiger partial charge on any atom is 0.309 e. The molecule has 9 unspecified atom stereocenters. The molecule has 9 atom stereocenters. The number of benzene rings is 1. The first kappa shape index (κ1) is 43.0. The molecule has 4 aliphatic carbocycles. The summed E-state index contributed by atoms with van der Waals surface area (Å²) in [6.07, 6.45) is 10.6. The van der Waals surface area contributed by atoms with E-state index in [-0.39, 0.29) is 47.0 Å². The van der Waals surface area contributed by atoms with E-state index in [9.17, 15) is 19.5 Å². The number of hydrogen-bond donors (Lipinski definition) is 1. The quantitative estimate of drug-likeness (QED) is 0.236. The Kier molecular flexibility index (Phi) is 12.2. The van der Waals surface area contributed by atoms with Gasteiger partial charge in [-0.3, -0.25) is 19.4 Å². The van der Waals surface area contributed by atoms with Crippen molar-refractivity contribution < 1.29 is 29.0 Å². The Morgan fingerprint density at radius 1 is 1.02 bits per heavy atom. The van der Waals surface area contributed by atoms with Crippen LogP contribution in [0.25, 0.3) is 5.76 Å². The third-order valence-electron chi connectivity index (χ3n) is 15.2. The molecule has 0 radical (unpaired) electrons. The zero-order chi connectivity index (χ0) is 41.1. The summed E-state index contributed by atoms with van der Waals surface area (Å²) in [5.41, 5.74) is 1.08. The van der Waals surface area contributed by atoms with Gasteiger partial charge in [0.25, 0.3) is 0 Å². The maximum absolute atomic E-state index is 14.3. The predicted molar refractivity (Wildman–Crippen MR) is 224 cm³/mol. The topological polar surface area (TPSA) is 102 Å². The Hall–Kier alpha value is -2.64. The first-order valence-electron chi connectivity index (χ1n) is 21.2. The number of aliphatic imine (C=N–C) groups is 1. The summed E-state index contributed by atoms with van der Waals surface area (Å²) in [5.74, 6) is 2.24. The highest BCUT2D eigenvalue weighted by molar-refractivity contribution is 6.35. The summed E-state index contributed by atoms with van der Waals surface area (Å²) in [6.45, 7) is 21.4. The molecule has 3 saturated carbocycles. The van der Waals surface area contributed by atoms with E-state index in [1.165, 1.54) is 5.57 Å². The lowest BCUT2D eigenvalue weighted by Gasteiger charge is -2.61. The molecule has 1 aromatic rings. The van der Waals surface area contributed by atoms with Gasteiger partial charge in [-0.2, -0.15) is 0 Å². The minimum atomic E-state index is -1.17. The molecule has 1 N–H and O–H groups in total. The lowest BCUT2D eigenvalue weighted by molar-refractivity contribution is -0.187. The number of ether oxygens (including phenoxy) is 2. The number of fused-ring (bicyclic) bond motifs is 2. The van der Waals surface area contributed by atoms with Crippen LogP contribution in [0, 0.1) is 57.2 Å². The Balaban J connectivity index is 1.29. The minimum absolute atomic E-state index is 0.0124. The SMILES string of the molecule is CC1CC=C(c2ccc(Cl)cc2Cl)OC(C23CCC(C)C(CCC4C(C)CCC5C(C)(C)C(OC(=O)CC(C)(C)C(=O)O)CCC45C)C2=C(C(C)C)C(=O)C3)=N1. The van der Waals surface area contributed by atoms with Crippen LogP contribution < -0.4 is 0 Å². The number of hydrogen-bond acceptors (Lipinski definition) is 6. The molecule has 0 spiro atoms. The van der Waals surface area contributed by atoms with Crippen molar-refractivity contribution in [3.05, 3.63) is 51.0 Å². The number of halogens is 2. The highest BCUT2D eigenvalue weighted by Crippen LogP contribution is 2.64. The number of nitrogens with zero attached hydrogens (tertiary/aromatic N) is 1. The summed E-state index contributed by atoms with van der Waals surface area (Å²) < 4.78 is 13.1. The number of carboxylic acid groups (broad SMARTS) is 1. The van der Waals surface area contributed by atoms with Crippen molar-refractivity contribution in [2.75, 3.05) is 0 Å². The number of carboxylic acids is 1. The summed E-state index contributed by atoms with van der Waals surface area (Å²) in [6, 6.07) is 5.46. The number of carbonyl (C=O) groups excluding carboxylic acids is 2. The van der Waals surface area contributed by atoms with Crippen LogP contribution in [-0.2, 0) is 23.9 Å². The number of esters is 1. The Morgan fingerprint density at radius 2 is 1.73 bits per heavy atom. The molecule has 0 bridgehead atoms. The molecule has 6 rings (SSSR count). The first-order chi connectivity index (χ1) is 26.1. The molecule has 1 aliphatic heterocycles. The summed E-state index contributed by atoms with van der Waals surface area (Å²) in [5, 5.41) is 10.7. The highest BCUT2D eigenvalue weighted by atomic mass is 35.5. The van der Waals surface area contributed by atoms with Gasteiger partial charge in [-0.1, -0.05) is 78.1 Å². The lowest BCUT2D eigenvalue weighted by Crippen LogP contribution is -2.57. The average Bonchev–Trinajstić information content (AvgIpc) is 3.27. The normalized spacial score (nSPS) is 34.5. The average molecular weight is 811 g/mol. The monoisotopic (exact) mass is 809 g/mol. The molecular formula is C47H65Cl2NO6. The van der Waals surface area contributed by atoms with Crippen LogP contribution >= 0.6 is 23.2 Å². The third-order valence-corrected chi connectivity index (χ3v) is 15.7. The first-order valence-corrected chi connectivity index (χ1v) is 22.0. The molecule has 56 heavy (non-hydrogen) atoms. The zero-order valence-electron chi connectivity index (χ0n) is 35.4. The molecule has 0 aromatic heterocycles. The summed E-state index contributed by atoms with van der Waals surface area (Å²) >= 11 is 13.0. The Bertz CT molecular complexity index is 1830. The molecule has 0 amide bonds. The standard InChI is InChI=1S/C47H65Cl2NO6/c1-26(2)40-35(51)24-47(42-50-29(5)12-17-36(55-42)32-14-13-30(48)23-34(32)49)22-19-27(3)31(41(40)47)15-16-33-28(4)11-18-37-45(8,9)38(20-21-46(33,37)10)56-39(52)25-44(6,7)43(53)54/h13-14,17,23,26-29,31,33,37-38H,11-12,15-16,18-22,24-25H2,1-10H3,(H,53,54). The van der Waals surface area contributed by atoms with Crippen molar-refractivity contribution in [1.29, 1.82) is 0 Å². The molecule has 1 heterocycles. The van der Waals surface area contributed by atoms with Gasteiger partial charge in [0.1, 0.15) is 11.9 Å². The van der Waals surface area contributed by atoms with Crippen molar-refractivity contribution in [1.82, 2.24) is 0 Å². The van der Waals surface area contributed by atoms with E-state index in [0.29, 0.717) is 58.2 Å². The van der Waals surface area contributed by atoms with E-state index in [2.05, 4.69) is 61.5 Å². The fourth-order valence-electron chi connectivity index (χ4n) is 12.1. The minimum Gasteiger partial charge on any atom is -0.481 e. The fourth-order valence-corrected chi connectivity index (χ4v) is 12.6. The number of allylic oxidation sites excluding steroid dienone is 1. The Morgan fingerprint density at radius 3 is 2.39 bits per heavy atom. The van der Waals surface area contributed by atoms with E-state index in [1.54, 1.807) is 19.9 Å². The predicted octanol–water partition coefficient (Wildman–Crippen LogP) is 12.2. The van der Waals surface area contributed by atoms with E-state index >= 15 is 0 Å². The van der Waals surface area contributed by atoms with Crippen LogP contribution in [-0.4, -0.2) is 40.9 Å². The van der Waals surface area contributed by atoms with E-state index in [4.69, 9.17) is 37.7 Å². The number of rotatable bonds is 10. The van der Waals surface area contributed by atoms with E-state index < -0.39 is 22.8 Å². The van der Waals surface area contributed by atoms with Crippen molar-refractivity contribution in [3.8, 4) is 0 Å². The smallest absolute Gasteiger partial charge is 0.309 e. The van der Waals surface area contributed by atoms with Gasteiger partial charge in [-0.25, -0.2) is 0 Å². The van der Waals surface area contributed by atoms with Gasteiger partial charge in [0.05, 0.1) is 28.3 Å². The molecule has 1 aromatic carbocycles. The maximum atomic E-state index is 14.3. The van der Waals surface area contributed by atoms with Gasteiger partial charge in [0.15, 0.2) is 5.78 Å². The molecule has 7 nitrogen and oxygen atoms in total. The van der Waals surface area contributed by atoms with Crippen molar-refractivity contribution in [3.63, 3.8) is 0 Å². The molecule has 5 aliphatic rings. The molecule has 308 valence electrons. The fraction of sp³-hybridized carbons (Fsp3) is 0.702. The molecule has 9 heteroatoms. The van der Waals surface area contributed by atoms with Gasteiger partial charge in [-0.15, -0.1) is 0 Å². The largest absolute Gasteiger partial charge is 0.481 e. The van der Waals surface area contributed by atoms with Crippen molar-refractivity contribution in [2.45, 2.75) is 152 Å². The van der Waals surface area contributed by atoms with Crippen LogP contribution in [0.15, 0.2) is 40.4 Å². The van der Waals surface area contributed by atoms with Crippen LogP contribution in [0.3, 0.4) is 0 Å². The van der Waals surface area contributed by atoms with E-state index in [0.717, 1.165) is 62.5 Å². The van der Waals surface area contributed by atoms with E-state index in [1.807, 2.05) is 12.1 Å². The second-order valence-corrected chi connectivity index (χ2v) is 20.9. The van der Waals surface area contributed by atoms with Crippen LogP contribution in [0.5, 0.6) is 0 Å². The molecule has 3 fully saturated rings. The number of Topliss-reactive ketones (excluding diaryl/α,β-unsaturated/α-hetero) is 1. The van der Waals surface area contributed by atoms with Gasteiger partial charge < -0.3 is 14.6 Å². The Labute approximate surface area is 345 Å². The van der Waals surface area contributed by atoms with Crippen LogP contribution in [0.4, 0.5) is 0 Å². The van der Waals surface area contributed by atoms with Crippen LogP contribution in [0.2, 0.25) is 10.0 Å². The number of aliphatic carboxylic acids is 1.